The maximum absolute atomic E-state index is 13.5. The molecule has 2 aromatic rings. The van der Waals surface area contributed by atoms with Crippen LogP contribution in [0.5, 0.6) is 0 Å². The molecule has 1 unspecified atom stereocenters. The summed E-state index contributed by atoms with van der Waals surface area (Å²) in [4.78, 5) is 27.0. The van der Waals surface area contributed by atoms with Gasteiger partial charge in [-0.25, -0.2) is 8.42 Å². The summed E-state index contributed by atoms with van der Waals surface area (Å²) in [5.74, 6) is -0.388. The minimum absolute atomic E-state index is 0.0610. The fourth-order valence-electron chi connectivity index (χ4n) is 4.53. The quantitative estimate of drug-likeness (QED) is 0.700. The van der Waals surface area contributed by atoms with Crippen LogP contribution < -0.4 is 15.5 Å². The van der Waals surface area contributed by atoms with Gasteiger partial charge in [-0.05, 0) is 74.1 Å². The van der Waals surface area contributed by atoms with Crippen LogP contribution >= 0.6 is 0 Å². The van der Waals surface area contributed by atoms with Crippen LogP contribution in [-0.4, -0.2) is 51.2 Å². The number of anilines is 3. The number of hydrogen-bond donors (Lipinski definition) is 2. The average Bonchev–Trinajstić information content (AvgIpc) is 3.19. The summed E-state index contributed by atoms with van der Waals surface area (Å²) in [7, 11) is 0.0106. The van der Waals surface area contributed by atoms with Gasteiger partial charge in [0.15, 0.2) is 0 Å². The number of fused-ring (bicyclic) bond motifs is 1. The van der Waals surface area contributed by atoms with Gasteiger partial charge in [0.25, 0.3) is 0 Å². The van der Waals surface area contributed by atoms with Crippen molar-refractivity contribution in [3.63, 3.8) is 0 Å². The van der Waals surface area contributed by atoms with Crippen molar-refractivity contribution >= 4 is 38.9 Å². The first-order valence-corrected chi connectivity index (χ1v) is 12.6. The Kier molecular flexibility index (Phi) is 6.45. The van der Waals surface area contributed by atoms with Crippen LogP contribution in [0.15, 0.2) is 41.3 Å². The molecule has 0 spiro atoms. The van der Waals surface area contributed by atoms with Crippen molar-refractivity contribution in [1.29, 1.82) is 0 Å². The van der Waals surface area contributed by atoms with Gasteiger partial charge in [0.1, 0.15) is 6.04 Å². The van der Waals surface area contributed by atoms with Gasteiger partial charge in [-0.1, -0.05) is 6.07 Å². The molecule has 0 saturated carbocycles. The van der Waals surface area contributed by atoms with Gasteiger partial charge >= 0.3 is 0 Å². The Morgan fingerprint density at radius 3 is 2.67 bits per heavy atom. The van der Waals surface area contributed by atoms with Crippen molar-refractivity contribution in [2.75, 3.05) is 36.2 Å². The number of carbonyl (C=O) groups excluding carboxylic acids is 2. The summed E-state index contributed by atoms with van der Waals surface area (Å²) in [5, 5.41) is 5.73. The smallest absolute Gasteiger partial charge is 0.243 e. The number of nitrogens with zero attached hydrogens (tertiary/aromatic N) is 2. The molecule has 2 aliphatic rings. The average molecular weight is 471 g/mol. The lowest BCUT2D eigenvalue weighted by Crippen LogP contribution is -2.43. The summed E-state index contributed by atoms with van der Waals surface area (Å²) in [6.07, 6.45) is 2.80. The Morgan fingerprint density at radius 1 is 1.12 bits per heavy atom. The molecule has 1 atom stereocenters. The van der Waals surface area contributed by atoms with Gasteiger partial charge in [0, 0.05) is 44.1 Å². The minimum atomic E-state index is -3.86. The molecule has 33 heavy (non-hydrogen) atoms. The fourth-order valence-corrected chi connectivity index (χ4v) is 6.24. The van der Waals surface area contributed by atoms with E-state index in [4.69, 9.17) is 0 Å². The lowest BCUT2D eigenvalue weighted by molar-refractivity contribution is -0.119. The lowest BCUT2D eigenvalue weighted by atomic mass is 10.1. The number of benzene rings is 2. The van der Waals surface area contributed by atoms with E-state index in [0.29, 0.717) is 50.0 Å². The van der Waals surface area contributed by atoms with Gasteiger partial charge in [-0.3, -0.25) is 9.59 Å². The van der Waals surface area contributed by atoms with Gasteiger partial charge in [0.2, 0.25) is 21.8 Å². The third-order valence-electron chi connectivity index (χ3n) is 6.27. The molecule has 2 N–H and O–H groups in total. The predicted molar refractivity (Wildman–Crippen MR) is 129 cm³/mol. The zero-order chi connectivity index (χ0) is 23.8. The molecule has 2 amide bonds. The molecule has 2 aromatic carbocycles. The van der Waals surface area contributed by atoms with E-state index < -0.39 is 16.1 Å². The van der Waals surface area contributed by atoms with E-state index in [1.165, 1.54) is 10.4 Å². The summed E-state index contributed by atoms with van der Waals surface area (Å²) in [6, 6.07) is 9.67. The summed E-state index contributed by atoms with van der Waals surface area (Å²) in [5.41, 5.74) is 4.17. The van der Waals surface area contributed by atoms with Crippen molar-refractivity contribution in [3.8, 4) is 0 Å². The predicted octanol–water partition coefficient (Wildman–Crippen LogP) is 3.13. The minimum Gasteiger partial charge on any atom is -0.377 e. The molecule has 176 valence electrons. The van der Waals surface area contributed by atoms with Gasteiger partial charge in [0.05, 0.1) is 4.90 Å². The van der Waals surface area contributed by atoms with Gasteiger partial charge in [-0.15, -0.1) is 0 Å². The fraction of sp³-hybridized carbons (Fsp3) is 0.417. The summed E-state index contributed by atoms with van der Waals surface area (Å²) >= 11 is 0. The second-order valence-electron chi connectivity index (χ2n) is 8.88. The first-order valence-electron chi connectivity index (χ1n) is 11.2. The van der Waals surface area contributed by atoms with Crippen LogP contribution in [0.2, 0.25) is 0 Å². The highest BCUT2D eigenvalue weighted by Gasteiger charge is 2.39. The van der Waals surface area contributed by atoms with Crippen molar-refractivity contribution in [1.82, 2.24) is 4.31 Å². The number of carbonyl (C=O) groups is 2. The second kappa shape index (κ2) is 9.15. The van der Waals surface area contributed by atoms with Crippen LogP contribution in [0, 0.1) is 6.92 Å². The molecule has 4 rings (SSSR count). The molecule has 0 bridgehead atoms. The van der Waals surface area contributed by atoms with Crippen LogP contribution in [0.4, 0.5) is 17.1 Å². The second-order valence-corrected chi connectivity index (χ2v) is 10.8. The highest BCUT2D eigenvalue weighted by molar-refractivity contribution is 7.89. The Morgan fingerprint density at radius 2 is 1.91 bits per heavy atom. The highest BCUT2D eigenvalue weighted by atomic mass is 32.2. The maximum Gasteiger partial charge on any atom is 0.243 e. The van der Waals surface area contributed by atoms with E-state index >= 15 is 0 Å². The van der Waals surface area contributed by atoms with E-state index in [-0.39, 0.29) is 16.7 Å². The standard InChI is InChI=1S/C24H30N4O4S/c1-16-9-10-18(15-22(16)27(2)3)25-24(30)21-7-5-13-28(21)33(31,32)19-11-12-20-17(14-19)6-4-8-23(29)26-20/h9-12,14-15,21H,4-8,13H2,1-3H3,(H,25,30)(H,26,29). The van der Waals surface area contributed by atoms with Crippen molar-refractivity contribution in [2.24, 2.45) is 0 Å². The number of nitrogens with one attached hydrogen (secondary N) is 2. The molecule has 1 fully saturated rings. The van der Waals surface area contributed by atoms with Crippen LogP contribution in [-0.2, 0) is 26.0 Å². The molecule has 2 aliphatic heterocycles. The van der Waals surface area contributed by atoms with Crippen LogP contribution in [0.25, 0.3) is 0 Å². The van der Waals surface area contributed by atoms with Gasteiger partial charge in [-0.2, -0.15) is 4.31 Å². The van der Waals surface area contributed by atoms with E-state index in [1.807, 2.05) is 44.1 Å². The molecule has 9 heteroatoms. The Hall–Kier alpha value is -2.91. The molecular weight excluding hydrogens is 440 g/mol. The molecule has 8 nitrogen and oxygen atoms in total. The Bertz CT molecular complexity index is 1190. The van der Waals surface area contributed by atoms with E-state index in [2.05, 4.69) is 10.6 Å². The number of aryl methyl sites for hydroxylation is 2. The largest absolute Gasteiger partial charge is 0.377 e. The molecule has 2 heterocycles. The van der Waals surface area contributed by atoms with E-state index in [9.17, 15) is 18.0 Å². The Balaban J connectivity index is 1.56. The van der Waals surface area contributed by atoms with E-state index in [1.54, 1.807) is 12.1 Å². The van der Waals surface area contributed by atoms with Crippen LogP contribution in [0.3, 0.4) is 0 Å². The molecule has 0 radical (unpaired) electrons. The van der Waals surface area contributed by atoms with Crippen molar-refractivity contribution in [3.05, 3.63) is 47.5 Å². The normalized spacial score (nSPS) is 18.9. The number of amides is 2. The Labute approximate surface area is 195 Å². The third kappa shape index (κ3) is 4.74. The number of sulfonamides is 1. The zero-order valence-electron chi connectivity index (χ0n) is 19.2. The molecule has 0 aromatic heterocycles. The zero-order valence-corrected chi connectivity index (χ0v) is 20.0. The molecule has 1 saturated heterocycles. The highest BCUT2D eigenvalue weighted by Crippen LogP contribution is 2.31. The molecular formula is C24H30N4O4S. The monoisotopic (exact) mass is 470 g/mol. The number of rotatable bonds is 5. The third-order valence-corrected chi connectivity index (χ3v) is 8.18. The topological polar surface area (TPSA) is 98.8 Å². The van der Waals surface area contributed by atoms with Crippen molar-refractivity contribution in [2.45, 2.75) is 50.0 Å². The first kappa shape index (κ1) is 23.3. The summed E-state index contributed by atoms with van der Waals surface area (Å²) < 4.78 is 28.3. The first-order chi connectivity index (χ1) is 15.7. The lowest BCUT2D eigenvalue weighted by Gasteiger charge is -2.24. The van der Waals surface area contributed by atoms with Crippen LogP contribution in [0.1, 0.15) is 36.8 Å². The van der Waals surface area contributed by atoms with Crippen molar-refractivity contribution < 1.29 is 18.0 Å². The van der Waals surface area contributed by atoms with E-state index in [0.717, 1.165) is 16.8 Å². The SMILES string of the molecule is Cc1ccc(NC(=O)C2CCCN2S(=O)(=O)c2ccc3c(c2)CCCC(=O)N3)cc1N(C)C. The number of hydrogen-bond acceptors (Lipinski definition) is 5. The summed E-state index contributed by atoms with van der Waals surface area (Å²) in [6.45, 7) is 2.29. The maximum atomic E-state index is 13.5. The van der Waals surface area contributed by atoms with Gasteiger partial charge < -0.3 is 15.5 Å². The molecule has 0 aliphatic carbocycles.